The molecule has 0 unspecified atom stereocenters. The molecule has 0 radical (unpaired) electrons. The smallest absolute Gasteiger partial charge is 0.0923 e. The third-order valence-electron chi connectivity index (χ3n) is 2.57. The summed E-state index contributed by atoms with van der Waals surface area (Å²) in [6.45, 7) is 5.05. The second kappa shape index (κ2) is 4.03. The third-order valence-corrected chi connectivity index (χ3v) is 2.57. The molecule has 0 fully saturated rings. The molecule has 0 amide bonds. The van der Waals surface area contributed by atoms with Crippen LogP contribution in [-0.4, -0.2) is 21.5 Å². The van der Waals surface area contributed by atoms with Crippen molar-refractivity contribution in [1.82, 2.24) is 9.78 Å². The summed E-state index contributed by atoms with van der Waals surface area (Å²) in [4.78, 5) is 0. The van der Waals surface area contributed by atoms with Crippen molar-refractivity contribution in [2.24, 2.45) is 0 Å². The predicted molar refractivity (Wildman–Crippen MR) is 60.9 cm³/mol. The molecule has 1 aromatic carbocycles. The van der Waals surface area contributed by atoms with Crippen molar-refractivity contribution in [1.29, 1.82) is 0 Å². The van der Waals surface area contributed by atoms with E-state index < -0.39 is 0 Å². The SMILES string of the molecule is CC(C)c1ccc2nn(CCO)cc2c1. The fraction of sp³-hybridized carbons (Fsp3) is 0.417. The lowest BCUT2D eigenvalue weighted by molar-refractivity contribution is 0.270. The highest BCUT2D eigenvalue weighted by Crippen LogP contribution is 2.20. The lowest BCUT2D eigenvalue weighted by Gasteiger charge is -2.03. The number of nitrogens with zero attached hydrogens (tertiary/aromatic N) is 2. The van der Waals surface area contributed by atoms with E-state index in [-0.39, 0.29) is 6.61 Å². The summed E-state index contributed by atoms with van der Waals surface area (Å²) >= 11 is 0. The summed E-state index contributed by atoms with van der Waals surface area (Å²) < 4.78 is 1.79. The molecule has 0 bridgehead atoms. The Morgan fingerprint density at radius 2 is 2.20 bits per heavy atom. The monoisotopic (exact) mass is 204 g/mol. The highest BCUT2D eigenvalue weighted by molar-refractivity contribution is 5.78. The van der Waals surface area contributed by atoms with E-state index in [0.717, 1.165) is 10.9 Å². The molecule has 3 heteroatoms. The summed E-state index contributed by atoms with van der Waals surface area (Å²) in [6.07, 6.45) is 1.98. The van der Waals surface area contributed by atoms with Gasteiger partial charge in [0, 0.05) is 11.6 Å². The van der Waals surface area contributed by atoms with Crippen molar-refractivity contribution < 1.29 is 5.11 Å². The van der Waals surface area contributed by atoms with Gasteiger partial charge in [-0.25, -0.2) is 0 Å². The molecule has 1 N–H and O–H groups in total. The summed E-state index contributed by atoms with van der Waals surface area (Å²) in [5.41, 5.74) is 2.32. The van der Waals surface area contributed by atoms with Crippen molar-refractivity contribution >= 4 is 10.9 Å². The van der Waals surface area contributed by atoms with E-state index in [0.29, 0.717) is 12.5 Å². The Bertz CT molecular complexity index is 460. The first-order valence-electron chi connectivity index (χ1n) is 5.28. The van der Waals surface area contributed by atoms with Crippen LogP contribution in [0.1, 0.15) is 25.3 Å². The van der Waals surface area contributed by atoms with E-state index in [2.05, 4.69) is 31.1 Å². The van der Waals surface area contributed by atoms with E-state index in [1.54, 1.807) is 4.68 Å². The van der Waals surface area contributed by atoms with Gasteiger partial charge in [0.1, 0.15) is 0 Å². The zero-order valence-electron chi connectivity index (χ0n) is 9.14. The van der Waals surface area contributed by atoms with Gasteiger partial charge in [0.05, 0.1) is 18.7 Å². The van der Waals surface area contributed by atoms with E-state index in [4.69, 9.17) is 5.11 Å². The van der Waals surface area contributed by atoms with E-state index >= 15 is 0 Å². The van der Waals surface area contributed by atoms with Gasteiger partial charge in [0.25, 0.3) is 0 Å². The van der Waals surface area contributed by atoms with Crippen LogP contribution in [0.5, 0.6) is 0 Å². The van der Waals surface area contributed by atoms with Gasteiger partial charge in [-0.2, -0.15) is 5.10 Å². The first kappa shape index (κ1) is 10.2. The number of hydrogen-bond acceptors (Lipinski definition) is 2. The first-order valence-corrected chi connectivity index (χ1v) is 5.28. The largest absolute Gasteiger partial charge is 0.394 e. The van der Waals surface area contributed by atoms with Crippen LogP contribution in [0.4, 0.5) is 0 Å². The van der Waals surface area contributed by atoms with Crippen LogP contribution in [0, 0.1) is 0 Å². The second-order valence-electron chi connectivity index (χ2n) is 4.09. The maximum Gasteiger partial charge on any atom is 0.0923 e. The molecule has 80 valence electrons. The van der Waals surface area contributed by atoms with Gasteiger partial charge in [-0.05, 0) is 23.6 Å². The van der Waals surface area contributed by atoms with Gasteiger partial charge in [-0.3, -0.25) is 4.68 Å². The van der Waals surface area contributed by atoms with Crippen molar-refractivity contribution in [2.75, 3.05) is 6.61 Å². The maximum atomic E-state index is 8.83. The van der Waals surface area contributed by atoms with Gasteiger partial charge < -0.3 is 5.11 Å². The Morgan fingerprint density at radius 1 is 1.40 bits per heavy atom. The van der Waals surface area contributed by atoms with Gasteiger partial charge >= 0.3 is 0 Å². The molecule has 0 aliphatic carbocycles. The topological polar surface area (TPSA) is 38.0 Å². The minimum Gasteiger partial charge on any atom is -0.394 e. The van der Waals surface area contributed by atoms with Crippen molar-refractivity contribution in [3.05, 3.63) is 30.0 Å². The maximum absolute atomic E-state index is 8.83. The highest BCUT2D eigenvalue weighted by Gasteiger charge is 2.03. The molecular weight excluding hydrogens is 188 g/mol. The summed E-state index contributed by atoms with van der Waals surface area (Å²) in [6, 6.07) is 6.32. The average molecular weight is 204 g/mol. The lowest BCUT2D eigenvalue weighted by atomic mass is 10.0. The summed E-state index contributed by atoms with van der Waals surface area (Å²) in [5, 5.41) is 14.3. The van der Waals surface area contributed by atoms with Crippen LogP contribution >= 0.6 is 0 Å². The number of benzene rings is 1. The zero-order chi connectivity index (χ0) is 10.8. The molecule has 0 saturated heterocycles. The fourth-order valence-corrected chi connectivity index (χ4v) is 1.67. The summed E-state index contributed by atoms with van der Waals surface area (Å²) in [5.74, 6) is 0.538. The molecule has 2 aromatic rings. The Kier molecular flexibility index (Phi) is 2.73. The van der Waals surface area contributed by atoms with Crippen LogP contribution < -0.4 is 0 Å². The molecule has 0 spiro atoms. The molecule has 0 saturated carbocycles. The molecule has 3 nitrogen and oxygen atoms in total. The molecule has 15 heavy (non-hydrogen) atoms. The standard InChI is InChI=1S/C12H16N2O/c1-9(2)10-3-4-12-11(7-10)8-14(13-12)5-6-15/h3-4,7-9,15H,5-6H2,1-2H3. The normalized spacial score (nSPS) is 11.5. The Balaban J connectivity index is 2.43. The number of aromatic nitrogens is 2. The van der Waals surface area contributed by atoms with Crippen LogP contribution in [-0.2, 0) is 6.54 Å². The van der Waals surface area contributed by atoms with Gasteiger partial charge in [0.2, 0.25) is 0 Å². The number of aliphatic hydroxyl groups is 1. The molecule has 1 heterocycles. The number of rotatable bonds is 3. The Morgan fingerprint density at radius 3 is 2.87 bits per heavy atom. The predicted octanol–water partition coefficient (Wildman–Crippen LogP) is 2.15. The van der Waals surface area contributed by atoms with Gasteiger partial charge in [-0.15, -0.1) is 0 Å². The van der Waals surface area contributed by atoms with Crippen LogP contribution in [0.25, 0.3) is 10.9 Å². The molecule has 2 rings (SSSR count). The quantitative estimate of drug-likeness (QED) is 0.832. The van der Waals surface area contributed by atoms with E-state index in [1.165, 1.54) is 5.56 Å². The number of aliphatic hydroxyl groups excluding tert-OH is 1. The van der Waals surface area contributed by atoms with Crippen molar-refractivity contribution in [2.45, 2.75) is 26.3 Å². The summed E-state index contributed by atoms with van der Waals surface area (Å²) in [7, 11) is 0. The minimum absolute atomic E-state index is 0.130. The average Bonchev–Trinajstić information content (AvgIpc) is 2.59. The second-order valence-corrected chi connectivity index (χ2v) is 4.09. The highest BCUT2D eigenvalue weighted by atomic mass is 16.3. The molecule has 0 aliphatic heterocycles. The van der Waals surface area contributed by atoms with Crippen molar-refractivity contribution in [3.63, 3.8) is 0 Å². The first-order chi connectivity index (χ1) is 7.20. The molecule has 0 aliphatic rings. The number of fused-ring (bicyclic) bond motifs is 1. The molecular formula is C12H16N2O. The number of hydrogen-bond donors (Lipinski definition) is 1. The van der Waals surface area contributed by atoms with Gasteiger partial charge in [0.15, 0.2) is 0 Å². The lowest BCUT2D eigenvalue weighted by Crippen LogP contribution is -2.01. The minimum atomic E-state index is 0.130. The van der Waals surface area contributed by atoms with Crippen LogP contribution in [0.2, 0.25) is 0 Å². The van der Waals surface area contributed by atoms with Crippen LogP contribution in [0.15, 0.2) is 24.4 Å². The third kappa shape index (κ3) is 2.02. The molecule has 1 aromatic heterocycles. The van der Waals surface area contributed by atoms with Crippen LogP contribution in [0.3, 0.4) is 0 Å². The van der Waals surface area contributed by atoms with Gasteiger partial charge in [-0.1, -0.05) is 19.9 Å². The zero-order valence-corrected chi connectivity index (χ0v) is 9.14. The van der Waals surface area contributed by atoms with E-state index in [1.807, 2.05) is 12.3 Å². The fourth-order valence-electron chi connectivity index (χ4n) is 1.67. The Labute approximate surface area is 89.3 Å². The van der Waals surface area contributed by atoms with Crippen molar-refractivity contribution in [3.8, 4) is 0 Å². The van der Waals surface area contributed by atoms with E-state index in [9.17, 15) is 0 Å². The molecule has 0 atom stereocenters. The Hall–Kier alpha value is -1.35.